The molecule has 0 saturated heterocycles. The number of hydrogen-bond donors (Lipinski definition) is 1. The van der Waals surface area contributed by atoms with Crippen molar-refractivity contribution in [2.75, 3.05) is 20.7 Å². The van der Waals surface area contributed by atoms with Crippen molar-refractivity contribution in [1.82, 2.24) is 9.79 Å². The molecule has 0 spiro atoms. The van der Waals surface area contributed by atoms with E-state index in [4.69, 9.17) is 4.84 Å². The van der Waals surface area contributed by atoms with Crippen molar-refractivity contribution < 1.29 is 18.0 Å². The number of carbonyl (C=O) groups excluding carboxylic acids is 1. The fraction of sp³-hybridized carbons (Fsp3) is 0.462. The molecule has 0 atom stereocenters. The van der Waals surface area contributed by atoms with Gasteiger partial charge in [-0.3, -0.25) is 9.63 Å². The van der Waals surface area contributed by atoms with Crippen molar-refractivity contribution in [2.45, 2.75) is 25.2 Å². The average Bonchev–Trinajstić information content (AvgIpc) is 2.40. The Bertz CT molecular complexity index is 584. The number of hydroxylamine groups is 2. The number of amides is 1. The largest absolute Gasteiger partial charge is 0.275 e. The summed E-state index contributed by atoms with van der Waals surface area (Å²) in [5.41, 5.74) is 1.93. The van der Waals surface area contributed by atoms with E-state index in [1.54, 1.807) is 18.2 Å². The van der Waals surface area contributed by atoms with E-state index in [0.29, 0.717) is 0 Å². The van der Waals surface area contributed by atoms with Crippen LogP contribution in [0.1, 0.15) is 17.5 Å². The van der Waals surface area contributed by atoms with Gasteiger partial charge in [-0.15, -0.1) is 0 Å². The van der Waals surface area contributed by atoms with Gasteiger partial charge < -0.3 is 0 Å². The summed E-state index contributed by atoms with van der Waals surface area (Å²) in [5.74, 6) is -0.296. The molecule has 1 aromatic carbocycles. The van der Waals surface area contributed by atoms with Crippen LogP contribution in [0.15, 0.2) is 23.1 Å². The number of nitrogens with zero attached hydrogens (tertiary/aromatic N) is 1. The highest BCUT2D eigenvalue weighted by Gasteiger charge is 2.15. The lowest BCUT2D eigenvalue weighted by Gasteiger charge is -2.13. The van der Waals surface area contributed by atoms with Gasteiger partial charge in [0.1, 0.15) is 0 Å². The molecule has 0 aliphatic carbocycles. The van der Waals surface area contributed by atoms with Gasteiger partial charge in [0, 0.05) is 20.0 Å². The number of aryl methyl sites for hydroxylation is 2. The molecule has 0 fully saturated rings. The van der Waals surface area contributed by atoms with Crippen molar-refractivity contribution >= 4 is 15.9 Å². The topological polar surface area (TPSA) is 75.7 Å². The van der Waals surface area contributed by atoms with Crippen LogP contribution in [0.3, 0.4) is 0 Å². The van der Waals surface area contributed by atoms with Gasteiger partial charge in [-0.1, -0.05) is 6.07 Å². The SMILES string of the molecule is CON(C)C(=O)CCNS(=O)(=O)c1ccc(C)c(C)c1. The number of sulfonamides is 1. The van der Waals surface area contributed by atoms with Crippen molar-refractivity contribution in [3.8, 4) is 0 Å². The highest BCUT2D eigenvalue weighted by Crippen LogP contribution is 2.14. The second kappa shape index (κ2) is 6.83. The predicted molar refractivity (Wildman–Crippen MR) is 75.5 cm³/mol. The number of benzene rings is 1. The Kier molecular flexibility index (Phi) is 5.67. The van der Waals surface area contributed by atoms with E-state index >= 15 is 0 Å². The zero-order chi connectivity index (χ0) is 15.3. The van der Waals surface area contributed by atoms with E-state index in [-0.39, 0.29) is 23.8 Å². The molecule has 0 heterocycles. The quantitative estimate of drug-likeness (QED) is 0.795. The Hall–Kier alpha value is -1.44. The molecule has 0 saturated carbocycles. The molecule has 0 aromatic heterocycles. The highest BCUT2D eigenvalue weighted by molar-refractivity contribution is 7.89. The van der Waals surface area contributed by atoms with E-state index in [9.17, 15) is 13.2 Å². The third-order valence-corrected chi connectivity index (χ3v) is 4.50. The number of nitrogens with one attached hydrogen (secondary N) is 1. The van der Waals surface area contributed by atoms with E-state index < -0.39 is 10.0 Å². The molecule has 0 radical (unpaired) electrons. The molecule has 0 bridgehead atoms. The van der Waals surface area contributed by atoms with E-state index in [1.165, 1.54) is 14.2 Å². The standard InChI is InChI=1S/C13H20N2O4S/c1-10-5-6-12(9-11(10)2)20(17,18)14-8-7-13(16)15(3)19-4/h5-6,9,14H,7-8H2,1-4H3. The number of rotatable bonds is 6. The highest BCUT2D eigenvalue weighted by atomic mass is 32.2. The summed E-state index contributed by atoms with van der Waals surface area (Å²) in [6.45, 7) is 3.80. The van der Waals surface area contributed by atoms with Gasteiger partial charge >= 0.3 is 0 Å². The Morgan fingerprint density at radius 1 is 1.30 bits per heavy atom. The second-order valence-corrected chi connectivity index (χ2v) is 6.23. The maximum atomic E-state index is 12.0. The lowest BCUT2D eigenvalue weighted by molar-refractivity contribution is -0.168. The van der Waals surface area contributed by atoms with Gasteiger partial charge in [-0.2, -0.15) is 0 Å². The van der Waals surface area contributed by atoms with Gasteiger partial charge in [0.05, 0.1) is 12.0 Å². The summed E-state index contributed by atoms with van der Waals surface area (Å²) in [7, 11) is -0.745. The minimum atomic E-state index is -3.59. The van der Waals surface area contributed by atoms with E-state index in [0.717, 1.165) is 16.2 Å². The molecule has 1 amide bonds. The smallest absolute Gasteiger partial charge is 0.247 e. The van der Waals surface area contributed by atoms with Crippen LogP contribution in [0.2, 0.25) is 0 Å². The first-order valence-electron chi connectivity index (χ1n) is 6.15. The molecule has 6 nitrogen and oxygen atoms in total. The molecular weight excluding hydrogens is 280 g/mol. The van der Waals surface area contributed by atoms with E-state index in [1.807, 2.05) is 13.8 Å². The van der Waals surface area contributed by atoms with Gasteiger partial charge in [0.2, 0.25) is 15.9 Å². The minimum Gasteiger partial charge on any atom is -0.275 e. The molecule has 112 valence electrons. The van der Waals surface area contributed by atoms with Gasteiger partial charge in [0.25, 0.3) is 0 Å². The van der Waals surface area contributed by atoms with Gasteiger partial charge in [-0.05, 0) is 37.1 Å². The van der Waals surface area contributed by atoms with Crippen LogP contribution in [0.25, 0.3) is 0 Å². The van der Waals surface area contributed by atoms with Gasteiger partial charge in [0.15, 0.2) is 0 Å². The first-order valence-corrected chi connectivity index (χ1v) is 7.64. The lowest BCUT2D eigenvalue weighted by Crippen LogP contribution is -2.31. The molecule has 0 aliphatic heterocycles. The number of hydrogen-bond acceptors (Lipinski definition) is 4. The zero-order valence-corrected chi connectivity index (χ0v) is 13.0. The third kappa shape index (κ3) is 4.29. The van der Waals surface area contributed by atoms with Crippen molar-refractivity contribution in [1.29, 1.82) is 0 Å². The Morgan fingerprint density at radius 3 is 2.50 bits per heavy atom. The maximum absolute atomic E-state index is 12.0. The van der Waals surface area contributed by atoms with Crippen molar-refractivity contribution in [2.24, 2.45) is 0 Å². The summed E-state index contributed by atoms with van der Waals surface area (Å²) in [5, 5.41) is 1.06. The molecule has 1 N–H and O–H groups in total. The number of carbonyl (C=O) groups is 1. The monoisotopic (exact) mass is 300 g/mol. The normalized spacial score (nSPS) is 11.4. The molecule has 20 heavy (non-hydrogen) atoms. The molecule has 1 rings (SSSR count). The summed E-state index contributed by atoms with van der Waals surface area (Å²) in [4.78, 5) is 16.4. The maximum Gasteiger partial charge on any atom is 0.247 e. The summed E-state index contributed by atoms with van der Waals surface area (Å²) >= 11 is 0. The first kappa shape index (κ1) is 16.6. The van der Waals surface area contributed by atoms with Crippen LogP contribution in [-0.2, 0) is 19.7 Å². The molecular formula is C13H20N2O4S. The van der Waals surface area contributed by atoms with E-state index in [2.05, 4.69) is 4.72 Å². The van der Waals surface area contributed by atoms with Crippen LogP contribution >= 0.6 is 0 Å². The fourth-order valence-electron chi connectivity index (χ4n) is 1.52. The molecule has 1 aromatic rings. The fourth-order valence-corrected chi connectivity index (χ4v) is 2.63. The second-order valence-electron chi connectivity index (χ2n) is 4.47. The Labute approximate surface area is 119 Å². The molecule has 0 aliphatic rings. The average molecular weight is 300 g/mol. The van der Waals surface area contributed by atoms with Crippen LogP contribution in [-0.4, -0.2) is 40.1 Å². The van der Waals surface area contributed by atoms with Crippen LogP contribution in [0.5, 0.6) is 0 Å². The van der Waals surface area contributed by atoms with Crippen molar-refractivity contribution in [3.05, 3.63) is 29.3 Å². The Balaban J connectivity index is 2.66. The summed E-state index contributed by atoms with van der Waals surface area (Å²) < 4.78 is 26.5. The van der Waals surface area contributed by atoms with Crippen LogP contribution in [0.4, 0.5) is 0 Å². The van der Waals surface area contributed by atoms with Crippen LogP contribution in [0, 0.1) is 13.8 Å². The predicted octanol–water partition coefficient (Wildman–Crippen LogP) is 0.992. The molecule has 7 heteroatoms. The zero-order valence-electron chi connectivity index (χ0n) is 12.1. The van der Waals surface area contributed by atoms with Crippen LogP contribution < -0.4 is 4.72 Å². The lowest BCUT2D eigenvalue weighted by atomic mass is 10.1. The minimum absolute atomic E-state index is 0.0296. The van der Waals surface area contributed by atoms with Gasteiger partial charge in [-0.25, -0.2) is 18.2 Å². The first-order chi connectivity index (χ1) is 9.27. The third-order valence-electron chi connectivity index (χ3n) is 3.04. The summed E-state index contributed by atoms with van der Waals surface area (Å²) in [6, 6.07) is 4.92. The Morgan fingerprint density at radius 2 is 1.95 bits per heavy atom. The molecule has 0 unspecified atom stereocenters. The summed E-state index contributed by atoms with van der Waals surface area (Å²) in [6.07, 6.45) is 0.0361. The van der Waals surface area contributed by atoms with Crippen molar-refractivity contribution in [3.63, 3.8) is 0 Å².